The highest BCUT2D eigenvalue weighted by molar-refractivity contribution is 5.51. The van der Waals surface area contributed by atoms with Crippen LogP contribution in [0.5, 0.6) is 5.75 Å². The third-order valence-electron chi connectivity index (χ3n) is 5.08. The summed E-state index contributed by atoms with van der Waals surface area (Å²) in [6.07, 6.45) is 0. The van der Waals surface area contributed by atoms with Gasteiger partial charge in [-0.3, -0.25) is 0 Å². The van der Waals surface area contributed by atoms with Crippen molar-refractivity contribution < 1.29 is 4.74 Å². The van der Waals surface area contributed by atoms with Gasteiger partial charge >= 0.3 is 0 Å². The fourth-order valence-electron chi connectivity index (χ4n) is 3.54. The molecule has 2 unspecified atom stereocenters. The highest BCUT2D eigenvalue weighted by Gasteiger charge is 2.54. The molecule has 0 amide bonds. The van der Waals surface area contributed by atoms with Crippen molar-refractivity contribution >= 4 is 5.69 Å². The minimum atomic E-state index is 0.394. The smallest absolute Gasteiger partial charge is 0.119 e. The summed E-state index contributed by atoms with van der Waals surface area (Å²) in [4.78, 5) is 2.52. The Bertz CT molecular complexity index is 440. The van der Waals surface area contributed by atoms with Gasteiger partial charge in [-0.2, -0.15) is 0 Å². The lowest BCUT2D eigenvalue weighted by atomic mass is 9.71. The molecule has 0 radical (unpaired) electrons. The van der Waals surface area contributed by atoms with Crippen molar-refractivity contribution in [2.75, 3.05) is 37.7 Å². The molecule has 0 bridgehead atoms. The van der Waals surface area contributed by atoms with Gasteiger partial charge in [0.15, 0.2) is 0 Å². The van der Waals surface area contributed by atoms with E-state index < -0.39 is 0 Å². The van der Waals surface area contributed by atoms with Crippen LogP contribution >= 0.6 is 0 Å². The van der Waals surface area contributed by atoms with E-state index in [9.17, 15) is 0 Å². The predicted molar refractivity (Wildman–Crippen MR) is 78.9 cm³/mol. The number of rotatable bonds is 3. The first-order chi connectivity index (χ1) is 9.06. The highest BCUT2D eigenvalue weighted by Crippen LogP contribution is 2.49. The summed E-state index contributed by atoms with van der Waals surface area (Å²) in [6, 6.07) is 8.53. The monoisotopic (exact) mass is 260 g/mol. The number of benzene rings is 1. The molecular weight excluding hydrogens is 236 g/mol. The number of fused-ring (bicyclic) bond motifs is 1. The molecule has 2 saturated heterocycles. The molecule has 1 aromatic rings. The lowest BCUT2D eigenvalue weighted by molar-refractivity contribution is 0.212. The van der Waals surface area contributed by atoms with Gasteiger partial charge in [-0.25, -0.2) is 0 Å². The van der Waals surface area contributed by atoms with Crippen molar-refractivity contribution in [3.05, 3.63) is 24.3 Å². The maximum atomic E-state index is 5.51. The molecule has 2 fully saturated rings. The summed E-state index contributed by atoms with van der Waals surface area (Å²) < 4.78 is 5.51. The van der Waals surface area contributed by atoms with E-state index in [1.54, 1.807) is 0 Å². The van der Waals surface area contributed by atoms with Gasteiger partial charge in [0.1, 0.15) is 5.75 Å². The molecular formula is C16H24N2O. The van der Waals surface area contributed by atoms with Gasteiger partial charge < -0.3 is 15.0 Å². The predicted octanol–water partition coefficient (Wildman–Crippen LogP) is 2.52. The molecule has 19 heavy (non-hydrogen) atoms. The van der Waals surface area contributed by atoms with Gasteiger partial charge in [0.25, 0.3) is 0 Å². The molecule has 0 saturated carbocycles. The normalized spacial score (nSPS) is 33.5. The van der Waals surface area contributed by atoms with Crippen molar-refractivity contribution in [2.24, 2.45) is 10.8 Å². The van der Waals surface area contributed by atoms with E-state index in [0.717, 1.165) is 38.5 Å². The zero-order valence-electron chi connectivity index (χ0n) is 12.2. The van der Waals surface area contributed by atoms with Crippen LogP contribution in [0.25, 0.3) is 0 Å². The summed E-state index contributed by atoms with van der Waals surface area (Å²) in [5.41, 5.74) is 2.11. The fraction of sp³-hybridized carbons (Fsp3) is 0.625. The molecule has 3 nitrogen and oxygen atoms in total. The van der Waals surface area contributed by atoms with Crippen LogP contribution in [-0.4, -0.2) is 32.8 Å². The molecule has 2 aliphatic rings. The van der Waals surface area contributed by atoms with E-state index in [4.69, 9.17) is 4.74 Å². The second-order valence-corrected chi connectivity index (χ2v) is 6.51. The maximum absolute atomic E-state index is 5.51. The van der Waals surface area contributed by atoms with Crippen LogP contribution < -0.4 is 15.0 Å². The molecule has 2 atom stereocenters. The van der Waals surface area contributed by atoms with Crippen molar-refractivity contribution in [3.8, 4) is 5.75 Å². The Morgan fingerprint density at radius 1 is 1.11 bits per heavy atom. The molecule has 1 N–H and O–H groups in total. The van der Waals surface area contributed by atoms with E-state index in [1.807, 2.05) is 6.92 Å². The highest BCUT2D eigenvalue weighted by atomic mass is 16.5. The number of hydrogen-bond acceptors (Lipinski definition) is 3. The quantitative estimate of drug-likeness (QED) is 0.904. The van der Waals surface area contributed by atoms with Crippen molar-refractivity contribution in [2.45, 2.75) is 20.8 Å². The molecule has 0 spiro atoms. The second kappa shape index (κ2) is 4.41. The average molecular weight is 260 g/mol. The van der Waals surface area contributed by atoms with Crippen LogP contribution in [0.15, 0.2) is 24.3 Å². The Morgan fingerprint density at radius 3 is 2.21 bits per heavy atom. The molecule has 0 aliphatic carbocycles. The van der Waals surface area contributed by atoms with E-state index in [-0.39, 0.29) is 0 Å². The van der Waals surface area contributed by atoms with Crippen molar-refractivity contribution in [1.29, 1.82) is 0 Å². The third kappa shape index (κ3) is 2.00. The molecule has 2 heterocycles. The summed E-state index contributed by atoms with van der Waals surface area (Å²) in [5, 5.41) is 3.56. The zero-order chi connectivity index (χ0) is 13.5. The molecule has 3 heteroatoms. The molecule has 104 valence electrons. The fourth-order valence-corrected chi connectivity index (χ4v) is 3.54. The van der Waals surface area contributed by atoms with E-state index >= 15 is 0 Å². The lowest BCUT2D eigenvalue weighted by Gasteiger charge is -2.30. The van der Waals surface area contributed by atoms with Crippen LogP contribution in [0.2, 0.25) is 0 Å². The van der Waals surface area contributed by atoms with Crippen LogP contribution in [0, 0.1) is 10.8 Å². The van der Waals surface area contributed by atoms with Gasteiger partial charge in [-0.05, 0) is 31.2 Å². The van der Waals surface area contributed by atoms with Crippen LogP contribution in [0.1, 0.15) is 20.8 Å². The summed E-state index contributed by atoms with van der Waals surface area (Å²) in [6.45, 7) is 12.1. The first-order valence-corrected chi connectivity index (χ1v) is 7.25. The van der Waals surface area contributed by atoms with Crippen LogP contribution in [-0.2, 0) is 0 Å². The third-order valence-corrected chi connectivity index (χ3v) is 5.08. The molecule has 3 rings (SSSR count). The van der Waals surface area contributed by atoms with Crippen molar-refractivity contribution in [3.63, 3.8) is 0 Å². The number of hydrogen-bond donors (Lipinski definition) is 1. The average Bonchev–Trinajstić information content (AvgIpc) is 2.79. The van der Waals surface area contributed by atoms with Crippen molar-refractivity contribution in [1.82, 2.24) is 5.32 Å². The van der Waals surface area contributed by atoms with Gasteiger partial charge in [0, 0.05) is 42.7 Å². The maximum Gasteiger partial charge on any atom is 0.119 e. The molecule has 2 aliphatic heterocycles. The SMILES string of the molecule is CCOc1ccc(N2CC3(C)CNCC3(C)C2)cc1. The first kappa shape index (κ1) is 12.8. The second-order valence-electron chi connectivity index (χ2n) is 6.51. The van der Waals surface area contributed by atoms with Gasteiger partial charge in [0.2, 0.25) is 0 Å². The number of nitrogens with zero attached hydrogens (tertiary/aromatic N) is 1. The summed E-state index contributed by atoms with van der Waals surface area (Å²) >= 11 is 0. The lowest BCUT2D eigenvalue weighted by Crippen LogP contribution is -2.34. The van der Waals surface area contributed by atoms with E-state index in [2.05, 4.69) is 48.3 Å². The minimum Gasteiger partial charge on any atom is -0.494 e. The summed E-state index contributed by atoms with van der Waals surface area (Å²) in [7, 11) is 0. The Balaban J connectivity index is 1.78. The number of ether oxygens (including phenoxy) is 1. The number of anilines is 1. The van der Waals surface area contributed by atoms with Gasteiger partial charge in [0.05, 0.1) is 6.61 Å². The number of nitrogens with one attached hydrogen (secondary N) is 1. The minimum absolute atomic E-state index is 0.394. The standard InChI is InChI=1S/C16H24N2O/c1-4-19-14-7-5-13(6-8-14)18-11-15(2)9-17-10-16(15,3)12-18/h5-8,17H,4,9-12H2,1-3H3. The van der Waals surface area contributed by atoms with Crippen LogP contribution in [0.4, 0.5) is 5.69 Å². The Hall–Kier alpha value is -1.22. The Labute approximate surface area is 115 Å². The first-order valence-electron chi connectivity index (χ1n) is 7.25. The van der Waals surface area contributed by atoms with Gasteiger partial charge in [-0.15, -0.1) is 0 Å². The molecule has 0 aromatic heterocycles. The topological polar surface area (TPSA) is 24.5 Å². The van der Waals surface area contributed by atoms with E-state index in [1.165, 1.54) is 5.69 Å². The molecule has 1 aromatic carbocycles. The van der Waals surface area contributed by atoms with E-state index in [0.29, 0.717) is 10.8 Å². The Morgan fingerprint density at radius 2 is 1.68 bits per heavy atom. The Kier molecular flexibility index (Phi) is 2.97. The van der Waals surface area contributed by atoms with Gasteiger partial charge in [-0.1, -0.05) is 13.8 Å². The zero-order valence-corrected chi connectivity index (χ0v) is 12.2. The largest absolute Gasteiger partial charge is 0.494 e. The van der Waals surface area contributed by atoms with Crippen LogP contribution in [0.3, 0.4) is 0 Å². The summed E-state index contributed by atoms with van der Waals surface area (Å²) in [5.74, 6) is 0.963.